The number of aliphatic hydroxyl groups excluding tert-OH is 1. The number of anilines is 1. The van der Waals surface area contributed by atoms with Crippen LogP contribution in [0.3, 0.4) is 0 Å². The molecule has 2 amide bonds. The van der Waals surface area contributed by atoms with Crippen LogP contribution in [-0.4, -0.2) is 51.0 Å². The van der Waals surface area contributed by atoms with Gasteiger partial charge in [0.15, 0.2) is 0 Å². The Hall–Kier alpha value is -2.53. The van der Waals surface area contributed by atoms with Gasteiger partial charge < -0.3 is 20.5 Å². The van der Waals surface area contributed by atoms with Crippen molar-refractivity contribution in [2.75, 3.05) is 18.5 Å². The van der Waals surface area contributed by atoms with Crippen LogP contribution in [0.5, 0.6) is 0 Å². The molecule has 1 aliphatic rings. The van der Waals surface area contributed by atoms with Gasteiger partial charge in [-0.15, -0.1) is 0 Å². The molecular formula is C22H28FN3O5S. The van der Waals surface area contributed by atoms with Gasteiger partial charge in [0.25, 0.3) is 0 Å². The maximum atomic E-state index is 13.3. The fraction of sp³-hybridized carbons (Fsp3) is 0.409. The van der Waals surface area contributed by atoms with Gasteiger partial charge in [0.2, 0.25) is 10.0 Å². The van der Waals surface area contributed by atoms with Gasteiger partial charge in [-0.05, 0) is 56.5 Å². The molecule has 8 nitrogen and oxygen atoms in total. The molecule has 1 fully saturated rings. The summed E-state index contributed by atoms with van der Waals surface area (Å²) in [6.07, 6.45) is 0.701. The Bertz CT molecular complexity index is 1020. The molecule has 32 heavy (non-hydrogen) atoms. The Morgan fingerprint density at radius 1 is 1.19 bits per heavy atom. The summed E-state index contributed by atoms with van der Waals surface area (Å²) in [4.78, 5) is 12.4. The van der Waals surface area contributed by atoms with E-state index in [9.17, 15) is 22.7 Å². The van der Waals surface area contributed by atoms with E-state index in [2.05, 4.69) is 15.4 Å². The van der Waals surface area contributed by atoms with Gasteiger partial charge in [0, 0.05) is 12.2 Å². The predicted molar refractivity (Wildman–Crippen MR) is 118 cm³/mol. The minimum Gasteiger partial charge on any atom is -0.394 e. The second kappa shape index (κ2) is 10.9. The van der Waals surface area contributed by atoms with Gasteiger partial charge in [-0.2, -0.15) is 0 Å². The highest BCUT2D eigenvalue weighted by atomic mass is 32.2. The van der Waals surface area contributed by atoms with Crippen molar-refractivity contribution in [3.8, 4) is 0 Å². The molecule has 3 atom stereocenters. The smallest absolute Gasteiger partial charge is 0.319 e. The molecule has 1 saturated heterocycles. The van der Waals surface area contributed by atoms with Crippen LogP contribution < -0.4 is 15.4 Å². The lowest BCUT2D eigenvalue weighted by Gasteiger charge is -2.36. The molecule has 0 unspecified atom stereocenters. The van der Waals surface area contributed by atoms with Crippen LogP contribution in [0, 0.1) is 12.7 Å². The summed E-state index contributed by atoms with van der Waals surface area (Å²) >= 11 is 0. The highest BCUT2D eigenvalue weighted by Gasteiger charge is 2.32. The Kier molecular flexibility index (Phi) is 8.19. The highest BCUT2D eigenvalue weighted by molar-refractivity contribution is 7.89. The third-order valence-corrected chi connectivity index (χ3v) is 6.76. The predicted octanol–water partition coefficient (Wildman–Crippen LogP) is 2.53. The number of carbonyl (C=O) groups excluding carboxylic acids is 1. The van der Waals surface area contributed by atoms with E-state index in [4.69, 9.17) is 4.74 Å². The quantitative estimate of drug-likeness (QED) is 0.478. The SMILES string of the molecule is Cc1ccc(S(=O)(=O)NCC[C@@H]2CC[C@H](NC(=O)Nc3cccc(F)c3)[C@H](CO)O2)cc1. The van der Waals surface area contributed by atoms with Crippen LogP contribution in [0.15, 0.2) is 53.4 Å². The number of halogens is 1. The maximum absolute atomic E-state index is 13.3. The van der Waals surface area contributed by atoms with E-state index in [1.807, 2.05) is 6.92 Å². The van der Waals surface area contributed by atoms with Crippen LogP contribution >= 0.6 is 0 Å². The van der Waals surface area contributed by atoms with Gasteiger partial charge in [0.05, 0.1) is 23.6 Å². The second-order valence-corrected chi connectivity index (χ2v) is 9.54. The molecular weight excluding hydrogens is 437 g/mol. The largest absolute Gasteiger partial charge is 0.394 e. The number of hydrogen-bond donors (Lipinski definition) is 4. The van der Waals surface area contributed by atoms with E-state index in [1.165, 1.54) is 18.2 Å². The minimum absolute atomic E-state index is 0.192. The molecule has 0 saturated carbocycles. The number of carbonyl (C=O) groups is 1. The molecule has 1 heterocycles. The molecule has 3 rings (SSSR count). The summed E-state index contributed by atoms with van der Waals surface area (Å²) in [6.45, 7) is 1.78. The van der Waals surface area contributed by atoms with E-state index in [0.717, 1.165) is 5.56 Å². The number of benzene rings is 2. The van der Waals surface area contributed by atoms with E-state index in [0.29, 0.717) is 24.9 Å². The first-order valence-corrected chi connectivity index (χ1v) is 11.9. The van der Waals surface area contributed by atoms with E-state index in [1.54, 1.807) is 30.3 Å². The topological polar surface area (TPSA) is 117 Å². The van der Waals surface area contributed by atoms with Crippen LogP contribution in [0.2, 0.25) is 0 Å². The number of aliphatic hydroxyl groups is 1. The number of rotatable bonds is 8. The Balaban J connectivity index is 1.46. The van der Waals surface area contributed by atoms with E-state index in [-0.39, 0.29) is 24.2 Å². The number of urea groups is 1. The molecule has 0 spiro atoms. The molecule has 4 N–H and O–H groups in total. The van der Waals surface area contributed by atoms with Crippen molar-refractivity contribution in [3.05, 3.63) is 59.9 Å². The van der Waals surface area contributed by atoms with Gasteiger partial charge in [-0.1, -0.05) is 23.8 Å². The lowest BCUT2D eigenvalue weighted by Crippen LogP contribution is -2.52. The first kappa shape index (κ1) is 24.1. The third-order valence-electron chi connectivity index (χ3n) is 5.28. The molecule has 0 aliphatic carbocycles. The lowest BCUT2D eigenvalue weighted by atomic mass is 9.97. The number of aryl methyl sites for hydroxylation is 1. The van der Waals surface area contributed by atoms with Gasteiger partial charge in [-0.25, -0.2) is 22.3 Å². The summed E-state index contributed by atoms with van der Waals surface area (Å²) in [5.41, 5.74) is 1.29. The molecule has 0 bridgehead atoms. The molecule has 2 aromatic rings. The molecule has 10 heteroatoms. The fourth-order valence-electron chi connectivity index (χ4n) is 3.57. The molecule has 1 aliphatic heterocycles. The van der Waals surface area contributed by atoms with Crippen molar-refractivity contribution in [2.45, 2.75) is 49.3 Å². The van der Waals surface area contributed by atoms with Crippen molar-refractivity contribution in [2.24, 2.45) is 0 Å². The standard InChI is InChI=1S/C22H28FN3O5S/c1-15-5-8-19(9-6-15)32(29,30)24-12-11-18-7-10-20(21(14-27)31-18)26-22(28)25-17-4-2-3-16(23)13-17/h2-6,8-9,13,18,20-21,24,27H,7,10-12,14H2,1H3,(H2,25,26,28)/t18-,20-,21-/m0/s1. The summed E-state index contributed by atoms with van der Waals surface area (Å²) in [5.74, 6) is -0.460. The number of ether oxygens (including phenoxy) is 1. The van der Waals surface area contributed by atoms with Gasteiger partial charge >= 0.3 is 6.03 Å². The fourth-order valence-corrected chi connectivity index (χ4v) is 4.61. The van der Waals surface area contributed by atoms with Crippen LogP contribution in [-0.2, 0) is 14.8 Å². The Morgan fingerprint density at radius 3 is 2.62 bits per heavy atom. The second-order valence-electron chi connectivity index (χ2n) is 7.77. The summed E-state index contributed by atoms with van der Waals surface area (Å²) in [7, 11) is -3.60. The zero-order valence-corrected chi connectivity index (χ0v) is 18.6. The first-order valence-electron chi connectivity index (χ1n) is 10.4. The molecule has 2 aromatic carbocycles. The summed E-state index contributed by atoms with van der Waals surface area (Å²) in [5, 5.41) is 15.0. The maximum Gasteiger partial charge on any atom is 0.319 e. The minimum atomic E-state index is -3.60. The zero-order chi connectivity index (χ0) is 23.1. The monoisotopic (exact) mass is 465 g/mol. The summed E-state index contributed by atoms with van der Waals surface area (Å²) in [6, 6.07) is 11.2. The number of hydrogen-bond acceptors (Lipinski definition) is 5. The number of sulfonamides is 1. The Labute approximate surface area is 187 Å². The van der Waals surface area contributed by atoms with Crippen molar-refractivity contribution in [1.82, 2.24) is 10.0 Å². The number of nitrogens with one attached hydrogen (secondary N) is 3. The van der Waals surface area contributed by atoms with Crippen LogP contribution in [0.4, 0.5) is 14.9 Å². The normalized spacial score (nSPS) is 21.2. The van der Waals surface area contributed by atoms with E-state index >= 15 is 0 Å². The molecule has 174 valence electrons. The average molecular weight is 466 g/mol. The van der Waals surface area contributed by atoms with Crippen molar-refractivity contribution in [3.63, 3.8) is 0 Å². The highest BCUT2D eigenvalue weighted by Crippen LogP contribution is 2.22. The van der Waals surface area contributed by atoms with Gasteiger partial charge in [0.1, 0.15) is 11.9 Å². The molecule has 0 aromatic heterocycles. The zero-order valence-electron chi connectivity index (χ0n) is 17.8. The van der Waals surface area contributed by atoms with E-state index < -0.39 is 34.0 Å². The van der Waals surface area contributed by atoms with Gasteiger partial charge in [-0.3, -0.25) is 0 Å². The number of amides is 2. The summed E-state index contributed by atoms with van der Waals surface area (Å²) < 4.78 is 46.5. The third kappa shape index (κ3) is 6.73. The average Bonchev–Trinajstić information content (AvgIpc) is 2.75. The van der Waals surface area contributed by atoms with Crippen LogP contribution in [0.1, 0.15) is 24.8 Å². The van der Waals surface area contributed by atoms with Crippen molar-refractivity contribution >= 4 is 21.7 Å². The van der Waals surface area contributed by atoms with Crippen LogP contribution in [0.25, 0.3) is 0 Å². The Morgan fingerprint density at radius 2 is 1.94 bits per heavy atom. The first-order chi connectivity index (χ1) is 15.3. The van der Waals surface area contributed by atoms with Crippen molar-refractivity contribution < 1.29 is 27.4 Å². The lowest BCUT2D eigenvalue weighted by molar-refractivity contribution is -0.0884. The van der Waals surface area contributed by atoms with Crippen molar-refractivity contribution in [1.29, 1.82) is 0 Å². The molecule has 0 radical (unpaired) electrons.